The van der Waals surface area contributed by atoms with Gasteiger partial charge in [0.25, 0.3) is 15.9 Å². The highest BCUT2D eigenvalue weighted by atomic mass is 35.5. The molecule has 3 aromatic carbocycles. The molecule has 156 valence electrons. The van der Waals surface area contributed by atoms with Crippen LogP contribution in [0.1, 0.15) is 10.4 Å². The van der Waals surface area contributed by atoms with Crippen LogP contribution in [0, 0.1) is 0 Å². The van der Waals surface area contributed by atoms with E-state index in [1.165, 1.54) is 49.6 Å². The minimum atomic E-state index is -3.98. The van der Waals surface area contributed by atoms with Crippen LogP contribution in [0.2, 0.25) is 15.1 Å². The first-order valence-corrected chi connectivity index (χ1v) is 11.0. The van der Waals surface area contributed by atoms with Crippen molar-refractivity contribution >= 4 is 62.1 Å². The van der Waals surface area contributed by atoms with Crippen LogP contribution in [-0.2, 0) is 10.0 Å². The number of carbonyl (C=O) groups is 1. The molecule has 3 aromatic rings. The highest BCUT2D eigenvalue weighted by Gasteiger charge is 2.20. The molecular formula is C20H15Cl3N2O4S. The van der Waals surface area contributed by atoms with Gasteiger partial charge < -0.3 is 10.1 Å². The number of nitrogens with one attached hydrogen (secondary N) is 2. The molecule has 2 N–H and O–H groups in total. The highest BCUT2D eigenvalue weighted by molar-refractivity contribution is 7.92. The number of para-hydroxylation sites is 1. The van der Waals surface area contributed by atoms with E-state index in [2.05, 4.69) is 10.0 Å². The van der Waals surface area contributed by atoms with E-state index in [0.29, 0.717) is 5.02 Å². The summed E-state index contributed by atoms with van der Waals surface area (Å²) in [7, 11) is -2.58. The Morgan fingerprint density at radius 2 is 1.63 bits per heavy atom. The number of hydrogen-bond donors (Lipinski definition) is 2. The number of carbonyl (C=O) groups excluding carboxylic acids is 1. The predicted molar refractivity (Wildman–Crippen MR) is 120 cm³/mol. The third-order valence-electron chi connectivity index (χ3n) is 4.02. The number of halogens is 3. The molecule has 0 saturated carbocycles. The average Bonchev–Trinajstić information content (AvgIpc) is 2.69. The number of methoxy groups -OCH3 is 1. The molecule has 0 aromatic heterocycles. The molecule has 10 heteroatoms. The van der Waals surface area contributed by atoms with Crippen molar-refractivity contribution in [3.63, 3.8) is 0 Å². The van der Waals surface area contributed by atoms with Gasteiger partial charge in [0.05, 0.1) is 39.0 Å². The van der Waals surface area contributed by atoms with Crippen molar-refractivity contribution in [3.8, 4) is 5.75 Å². The second-order valence-electron chi connectivity index (χ2n) is 6.03. The summed E-state index contributed by atoms with van der Waals surface area (Å²) < 4.78 is 33.2. The second-order valence-corrected chi connectivity index (χ2v) is 8.96. The minimum Gasteiger partial charge on any atom is -0.495 e. The van der Waals surface area contributed by atoms with Gasteiger partial charge in [-0.25, -0.2) is 8.42 Å². The van der Waals surface area contributed by atoms with Gasteiger partial charge in [-0.2, -0.15) is 0 Å². The van der Waals surface area contributed by atoms with Crippen molar-refractivity contribution in [1.82, 2.24) is 0 Å². The lowest BCUT2D eigenvalue weighted by atomic mass is 10.2. The topological polar surface area (TPSA) is 84.5 Å². The number of hydrogen-bond acceptors (Lipinski definition) is 4. The maximum atomic E-state index is 12.8. The maximum Gasteiger partial charge on any atom is 0.262 e. The summed E-state index contributed by atoms with van der Waals surface area (Å²) in [4.78, 5) is 12.5. The molecular weight excluding hydrogens is 471 g/mol. The summed E-state index contributed by atoms with van der Waals surface area (Å²) in [5.74, 6) is -0.284. The number of benzene rings is 3. The molecule has 0 aliphatic rings. The van der Waals surface area contributed by atoms with Gasteiger partial charge in [0.15, 0.2) is 0 Å². The summed E-state index contributed by atoms with van der Waals surface area (Å²) in [5.41, 5.74) is 0.551. The summed E-state index contributed by atoms with van der Waals surface area (Å²) in [6.45, 7) is 0. The van der Waals surface area contributed by atoms with E-state index < -0.39 is 15.9 Å². The lowest BCUT2D eigenvalue weighted by Gasteiger charge is -2.14. The van der Waals surface area contributed by atoms with Gasteiger partial charge in [0, 0.05) is 5.02 Å². The number of rotatable bonds is 6. The van der Waals surface area contributed by atoms with Crippen LogP contribution in [0.15, 0.2) is 65.6 Å². The minimum absolute atomic E-state index is 0.0966. The van der Waals surface area contributed by atoms with Crippen LogP contribution in [-0.4, -0.2) is 21.4 Å². The second kappa shape index (κ2) is 9.14. The Labute approximate surface area is 188 Å². The Balaban J connectivity index is 1.93. The number of sulfonamides is 1. The van der Waals surface area contributed by atoms with Gasteiger partial charge >= 0.3 is 0 Å². The number of anilines is 2. The normalized spacial score (nSPS) is 11.1. The zero-order valence-corrected chi connectivity index (χ0v) is 18.5. The molecule has 30 heavy (non-hydrogen) atoms. The van der Waals surface area contributed by atoms with E-state index in [1.807, 2.05) is 0 Å². The Bertz CT molecular complexity index is 1220. The Morgan fingerprint density at radius 3 is 2.30 bits per heavy atom. The summed E-state index contributed by atoms with van der Waals surface area (Å²) >= 11 is 18.0. The summed E-state index contributed by atoms with van der Waals surface area (Å²) in [5, 5.41) is 3.40. The van der Waals surface area contributed by atoms with Crippen LogP contribution < -0.4 is 14.8 Å². The van der Waals surface area contributed by atoms with E-state index in [0.717, 1.165) is 0 Å². The van der Waals surface area contributed by atoms with Gasteiger partial charge in [-0.05, 0) is 48.5 Å². The van der Waals surface area contributed by atoms with Crippen molar-refractivity contribution in [2.75, 3.05) is 17.1 Å². The SMILES string of the molecule is COc1ccc(S(=O)(=O)Nc2ccccc2Cl)cc1NC(=O)c1ccc(Cl)cc1Cl. The molecule has 0 radical (unpaired) electrons. The molecule has 0 spiro atoms. The van der Waals surface area contributed by atoms with Crippen LogP contribution in [0.4, 0.5) is 11.4 Å². The summed E-state index contributed by atoms with van der Waals surface area (Å²) in [6, 6.07) is 14.9. The Morgan fingerprint density at radius 1 is 0.900 bits per heavy atom. The standard InChI is InChI=1S/C20H15Cl3N2O4S/c1-29-19-9-7-13(30(27,28)25-17-5-3-2-4-15(17)22)11-18(19)24-20(26)14-8-6-12(21)10-16(14)23/h2-11,25H,1H3,(H,24,26). The molecule has 0 saturated heterocycles. The van der Waals surface area contributed by atoms with Gasteiger partial charge in [0.1, 0.15) is 5.75 Å². The van der Waals surface area contributed by atoms with Crippen LogP contribution in [0.3, 0.4) is 0 Å². The van der Waals surface area contributed by atoms with Crippen molar-refractivity contribution in [2.45, 2.75) is 4.90 Å². The smallest absolute Gasteiger partial charge is 0.262 e. The lowest BCUT2D eigenvalue weighted by molar-refractivity contribution is 0.102. The van der Waals surface area contributed by atoms with Gasteiger partial charge in [-0.1, -0.05) is 46.9 Å². The first-order valence-electron chi connectivity index (χ1n) is 8.43. The van der Waals surface area contributed by atoms with Gasteiger partial charge in [-0.15, -0.1) is 0 Å². The van der Waals surface area contributed by atoms with Crippen molar-refractivity contribution in [2.24, 2.45) is 0 Å². The molecule has 1 amide bonds. The molecule has 0 atom stereocenters. The fourth-order valence-electron chi connectivity index (χ4n) is 2.56. The first kappa shape index (κ1) is 22.2. The van der Waals surface area contributed by atoms with Crippen molar-refractivity contribution in [1.29, 1.82) is 0 Å². The van der Waals surface area contributed by atoms with Crippen molar-refractivity contribution < 1.29 is 17.9 Å². The van der Waals surface area contributed by atoms with E-state index in [4.69, 9.17) is 39.5 Å². The van der Waals surface area contributed by atoms with E-state index in [-0.39, 0.29) is 37.6 Å². The van der Waals surface area contributed by atoms with Crippen molar-refractivity contribution in [3.05, 3.63) is 81.3 Å². The zero-order valence-electron chi connectivity index (χ0n) is 15.4. The fraction of sp³-hybridized carbons (Fsp3) is 0.0500. The third kappa shape index (κ3) is 4.99. The highest BCUT2D eigenvalue weighted by Crippen LogP contribution is 2.31. The van der Waals surface area contributed by atoms with Gasteiger partial charge in [0.2, 0.25) is 0 Å². The quantitative estimate of drug-likeness (QED) is 0.468. The molecule has 0 fully saturated rings. The molecule has 0 unspecified atom stereocenters. The average molecular weight is 486 g/mol. The molecule has 6 nitrogen and oxygen atoms in total. The molecule has 3 rings (SSSR count). The summed E-state index contributed by atoms with van der Waals surface area (Å²) in [6.07, 6.45) is 0. The van der Waals surface area contributed by atoms with E-state index in [1.54, 1.807) is 18.2 Å². The van der Waals surface area contributed by atoms with Crippen LogP contribution >= 0.6 is 34.8 Å². The molecule has 0 heterocycles. The van der Waals surface area contributed by atoms with Crippen LogP contribution in [0.25, 0.3) is 0 Å². The first-order chi connectivity index (χ1) is 14.2. The predicted octanol–water partition coefficient (Wildman–Crippen LogP) is 5.71. The molecule has 0 bridgehead atoms. The largest absolute Gasteiger partial charge is 0.495 e. The number of ether oxygens (including phenoxy) is 1. The zero-order chi connectivity index (χ0) is 21.9. The fourth-order valence-corrected chi connectivity index (χ4v) is 4.40. The third-order valence-corrected chi connectivity index (χ3v) is 6.26. The Kier molecular flexibility index (Phi) is 6.77. The lowest BCUT2D eigenvalue weighted by Crippen LogP contribution is -2.16. The van der Waals surface area contributed by atoms with Crippen LogP contribution in [0.5, 0.6) is 5.75 Å². The van der Waals surface area contributed by atoms with Gasteiger partial charge in [-0.3, -0.25) is 9.52 Å². The number of amides is 1. The Hall–Kier alpha value is -2.45. The molecule has 0 aliphatic heterocycles. The monoisotopic (exact) mass is 484 g/mol. The van der Waals surface area contributed by atoms with E-state index >= 15 is 0 Å². The maximum absolute atomic E-state index is 12.8. The molecule has 0 aliphatic carbocycles. The van der Waals surface area contributed by atoms with E-state index in [9.17, 15) is 13.2 Å².